The first-order chi connectivity index (χ1) is 14.6. The van der Waals surface area contributed by atoms with E-state index in [9.17, 15) is 14.7 Å². The van der Waals surface area contributed by atoms with E-state index in [0.717, 1.165) is 5.52 Å². The molecule has 0 atom stereocenters. The number of benzene rings is 2. The fraction of sp³-hybridized carbons (Fsp3) is 0.286. The minimum atomic E-state index is -0.414. The molecule has 30 heavy (non-hydrogen) atoms. The predicted molar refractivity (Wildman–Crippen MR) is 114 cm³/mol. The molecule has 0 aliphatic carbocycles. The van der Waals surface area contributed by atoms with Crippen molar-refractivity contribution in [2.24, 2.45) is 5.73 Å². The van der Waals surface area contributed by atoms with E-state index < -0.39 is 5.91 Å². The first kappa shape index (κ1) is 21.3. The average Bonchev–Trinajstić information content (AvgIpc) is 3.13. The number of fused-ring (bicyclic) bond motifs is 1. The molecule has 158 valence electrons. The fourth-order valence-corrected chi connectivity index (χ4v) is 3.11. The molecule has 0 fully saturated rings. The van der Waals surface area contributed by atoms with Crippen LogP contribution in [0.1, 0.15) is 27.3 Å². The highest BCUT2D eigenvalue weighted by Crippen LogP contribution is 2.24. The third kappa shape index (κ3) is 4.58. The summed E-state index contributed by atoms with van der Waals surface area (Å²) in [6.45, 7) is 1.12. The molecule has 2 amide bonds. The highest BCUT2D eigenvalue weighted by Gasteiger charge is 2.19. The van der Waals surface area contributed by atoms with E-state index in [1.54, 1.807) is 28.9 Å². The second kappa shape index (κ2) is 9.86. The summed E-state index contributed by atoms with van der Waals surface area (Å²) in [4.78, 5) is 25.4. The molecule has 1 heterocycles. The lowest BCUT2D eigenvalue weighted by molar-refractivity contribution is 0.0949. The normalized spacial score (nSPS) is 10.8. The molecule has 9 heteroatoms. The Hall–Kier alpha value is -3.43. The number of methoxy groups -OCH3 is 1. The van der Waals surface area contributed by atoms with Gasteiger partial charge in [-0.1, -0.05) is 18.2 Å². The molecule has 1 aromatic heterocycles. The number of nitrogens with zero attached hydrogens (tertiary/aromatic N) is 2. The molecule has 0 saturated carbocycles. The van der Waals surface area contributed by atoms with Crippen LogP contribution in [0.4, 0.5) is 5.69 Å². The predicted octanol–water partition coefficient (Wildman–Crippen LogP) is 1.37. The van der Waals surface area contributed by atoms with Crippen molar-refractivity contribution in [1.29, 1.82) is 0 Å². The number of carbonyl (C=O) groups excluding carboxylic acids is 2. The minimum Gasteiger partial charge on any atom is -0.496 e. The number of amides is 2. The zero-order valence-corrected chi connectivity index (χ0v) is 16.7. The van der Waals surface area contributed by atoms with Gasteiger partial charge in [-0.3, -0.25) is 14.3 Å². The minimum absolute atomic E-state index is 0.0894. The number of anilines is 1. The SMILES string of the molecule is COc1ccc(NC(=O)c2nn(CCO)c3ccccc23)cc1C(=O)NCCCN. The molecule has 0 saturated heterocycles. The molecule has 0 unspecified atom stereocenters. The molecule has 0 aliphatic rings. The maximum atomic E-state index is 12.9. The average molecular weight is 411 g/mol. The summed E-state index contributed by atoms with van der Waals surface area (Å²) in [5, 5.41) is 19.8. The van der Waals surface area contributed by atoms with E-state index in [2.05, 4.69) is 15.7 Å². The zero-order chi connectivity index (χ0) is 21.5. The van der Waals surface area contributed by atoms with Gasteiger partial charge in [0.2, 0.25) is 0 Å². The number of carbonyl (C=O) groups is 2. The number of hydrogen-bond donors (Lipinski definition) is 4. The van der Waals surface area contributed by atoms with Crippen LogP contribution in [0.25, 0.3) is 10.9 Å². The van der Waals surface area contributed by atoms with Gasteiger partial charge >= 0.3 is 0 Å². The topological polar surface area (TPSA) is 132 Å². The number of aliphatic hydroxyl groups excluding tert-OH is 1. The number of rotatable bonds is 9. The molecular weight excluding hydrogens is 386 g/mol. The molecule has 3 aromatic rings. The van der Waals surface area contributed by atoms with Crippen LogP contribution >= 0.6 is 0 Å². The van der Waals surface area contributed by atoms with Gasteiger partial charge in [0.1, 0.15) is 5.75 Å². The van der Waals surface area contributed by atoms with Gasteiger partial charge in [0, 0.05) is 17.6 Å². The van der Waals surface area contributed by atoms with Gasteiger partial charge in [0.05, 0.1) is 31.3 Å². The second-order valence-corrected chi connectivity index (χ2v) is 6.58. The summed E-state index contributed by atoms with van der Waals surface area (Å²) < 4.78 is 6.86. The number of nitrogens with two attached hydrogens (primary N) is 1. The smallest absolute Gasteiger partial charge is 0.276 e. The van der Waals surface area contributed by atoms with Crippen LogP contribution < -0.4 is 21.1 Å². The third-order valence-corrected chi connectivity index (χ3v) is 4.55. The van der Waals surface area contributed by atoms with Crippen molar-refractivity contribution in [3.05, 3.63) is 53.7 Å². The molecule has 0 bridgehead atoms. The Bertz CT molecular complexity index is 1050. The van der Waals surface area contributed by atoms with Crippen molar-refractivity contribution in [3.63, 3.8) is 0 Å². The molecular formula is C21H25N5O4. The van der Waals surface area contributed by atoms with Gasteiger partial charge < -0.3 is 26.2 Å². The molecule has 0 spiro atoms. The summed E-state index contributed by atoms with van der Waals surface area (Å²) in [5.74, 6) is -0.326. The Morgan fingerprint density at radius 3 is 2.73 bits per heavy atom. The van der Waals surface area contributed by atoms with E-state index in [1.807, 2.05) is 18.2 Å². The van der Waals surface area contributed by atoms with Gasteiger partial charge in [0.25, 0.3) is 11.8 Å². The van der Waals surface area contributed by atoms with E-state index >= 15 is 0 Å². The number of ether oxygens (including phenoxy) is 1. The first-order valence-corrected chi connectivity index (χ1v) is 9.63. The maximum Gasteiger partial charge on any atom is 0.276 e. The monoisotopic (exact) mass is 411 g/mol. The Labute approximate surface area is 173 Å². The van der Waals surface area contributed by atoms with Crippen LogP contribution in [0, 0.1) is 0 Å². The van der Waals surface area contributed by atoms with Gasteiger partial charge in [-0.15, -0.1) is 0 Å². The van der Waals surface area contributed by atoms with Crippen molar-refractivity contribution in [2.75, 3.05) is 32.1 Å². The van der Waals surface area contributed by atoms with Gasteiger partial charge in [-0.25, -0.2) is 0 Å². The van der Waals surface area contributed by atoms with Gasteiger partial charge in [-0.05, 0) is 37.2 Å². The third-order valence-electron chi connectivity index (χ3n) is 4.55. The van der Waals surface area contributed by atoms with Gasteiger partial charge in [0.15, 0.2) is 5.69 Å². The van der Waals surface area contributed by atoms with Crippen LogP contribution in [-0.4, -0.2) is 53.5 Å². The number of para-hydroxylation sites is 1. The molecule has 9 nitrogen and oxygen atoms in total. The maximum absolute atomic E-state index is 12.9. The highest BCUT2D eigenvalue weighted by atomic mass is 16.5. The molecule has 3 rings (SSSR count). The van der Waals surface area contributed by atoms with E-state index in [-0.39, 0.29) is 24.8 Å². The van der Waals surface area contributed by atoms with Crippen molar-refractivity contribution in [3.8, 4) is 5.75 Å². The number of nitrogens with one attached hydrogen (secondary N) is 2. The molecule has 2 aromatic carbocycles. The second-order valence-electron chi connectivity index (χ2n) is 6.58. The number of aliphatic hydroxyl groups is 1. The summed E-state index contributed by atoms with van der Waals surface area (Å²) in [6, 6.07) is 12.1. The Kier molecular flexibility index (Phi) is 6.99. The van der Waals surface area contributed by atoms with Crippen LogP contribution in [0.15, 0.2) is 42.5 Å². The summed E-state index contributed by atoms with van der Waals surface area (Å²) in [7, 11) is 1.48. The van der Waals surface area contributed by atoms with Crippen LogP contribution in [0.5, 0.6) is 5.75 Å². The molecule has 5 N–H and O–H groups in total. The summed E-state index contributed by atoms with van der Waals surface area (Å²) in [6.07, 6.45) is 0.661. The van der Waals surface area contributed by atoms with E-state index in [0.29, 0.717) is 41.9 Å². The lowest BCUT2D eigenvalue weighted by atomic mass is 10.1. The van der Waals surface area contributed by atoms with Crippen molar-refractivity contribution in [1.82, 2.24) is 15.1 Å². The Balaban J connectivity index is 1.86. The Morgan fingerprint density at radius 1 is 1.20 bits per heavy atom. The van der Waals surface area contributed by atoms with Crippen molar-refractivity contribution >= 4 is 28.4 Å². The first-order valence-electron chi connectivity index (χ1n) is 9.63. The lowest BCUT2D eigenvalue weighted by Gasteiger charge is -2.11. The quantitative estimate of drug-likeness (QED) is 0.393. The summed E-state index contributed by atoms with van der Waals surface area (Å²) in [5.41, 5.74) is 7.20. The summed E-state index contributed by atoms with van der Waals surface area (Å²) >= 11 is 0. The standard InChI is InChI=1S/C21H25N5O4/c1-30-18-8-7-14(13-16(18)20(28)23-10-4-9-22)24-21(29)19-15-5-2-3-6-17(15)26(25-19)11-12-27/h2-3,5-8,13,27H,4,9-12,22H2,1H3,(H,23,28)(H,24,29). The van der Waals surface area contributed by atoms with Crippen LogP contribution in [0.2, 0.25) is 0 Å². The number of aromatic nitrogens is 2. The number of hydrogen-bond acceptors (Lipinski definition) is 6. The van der Waals surface area contributed by atoms with Crippen LogP contribution in [-0.2, 0) is 6.54 Å². The Morgan fingerprint density at radius 2 is 2.00 bits per heavy atom. The van der Waals surface area contributed by atoms with Crippen molar-refractivity contribution < 1.29 is 19.4 Å². The van der Waals surface area contributed by atoms with Crippen molar-refractivity contribution in [2.45, 2.75) is 13.0 Å². The molecule has 0 radical (unpaired) electrons. The van der Waals surface area contributed by atoms with Gasteiger partial charge in [-0.2, -0.15) is 5.10 Å². The lowest BCUT2D eigenvalue weighted by Crippen LogP contribution is -2.26. The van der Waals surface area contributed by atoms with Crippen LogP contribution in [0.3, 0.4) is 0 Å². The van der Waals surface area contributed by atoms with E-state index in [1.165, 1.54) is 7.11 Å². The highest BCUT2D eigenvalue weighted by molar-refractivity contribution is 6.11. The fourth-order valence-electron chi connectivity index (χ4n) is 3.11. The molecule has 0 aliphatic heterocycles. The van der Waals surface area contributed by atoms with E-state index in [4.69, 9.17) is 10.5 Å². The zero-order valence-electron chi connectivity index (χ0n) is 16.7. The largest absolute Gasteiger partial charge is 0.496 e.